The first kappa shape index (κ1) is 14.0. The summed E-state index contributed by atoms with van der Waals surface area (Å²) in [5.41, 5.74) is 3.52. The largest absolute Gasteiger partial charge is 0.511 e. The van der Waals surface area contributed by atoms with Crippen LogP contribution < -0.4 is 0 Å². The van der Waals surface area contributed by atoms with Gasteiger partial charge in [0.05, 0.1) is 22.0 Å². The highest BCUT2D eigenvalue weighted by atomic mass is 32.1. The van der Waals surface area contributed by atoms with Crippen molar-refractivity contribution in [3.8, 4) is 10.6 Å². The fourth-order valence-corrected chi connectivity index (χ4v) is 3.84. The van der Waals surface area contributed by atoms with Gasteiger partial charge in [-0.3, -0.25) is 4.79 Å². The number of aryl methyl sites for hydroxylation is 1. The number of Topliss-reactive ketones (excluding diaryl/α,β-unsaturated/α-hetero) is 1. The Labute approximate surface area is 136 Å². The standard InChI is InChI=1S/C17H13N3O2S/c1-9-2-3-11-14(8-9)23-17(19-11)10-6-7-18-20-16(10)15-12(21)4-5-13(15)22/h2-3,6-8,21H,4-5H2,1H3. The molecule has 0 radical (unpaired) electrons. The van der Waals surface area contributed by atoms with E-state index in [1.807, 2.05) is 19.1 Å². The van der Waals surface area contributed by atoms with E-state index in [0.29, 0.717) is 18.5 Å². The minimum atomic E-state index is -0.0961. The maximum Gasteiger partial charge on any atom is 0.168 e. The maximum absolute atomic E-state index is 12.1. The summed E-state index contributed by atoms with van der Waals surface area (Å²) < 4.78 is 1.08. The molecule has 23 heavy (non-hydrogen) atoms. The topological polar surface area (TPSA) is 76.0 Å². The zero-order valence-electron chi connectivity index (χ0n) is 12.4. The van der Waals surface area contributed by atoms with Crippen LogP contribution >= 0.6 is 11.3 Å². The molecule has 1 aliphatic carbocycles. The normalized spacial score (nSPS) is 14.9. The van der Waals surface area contributed by atoms with Gasteiger partial charge in [-0.15, -0.1) is 16.4 Å². The Balaban J connectivity index is 1.92. The molecule has 2 heterocycles. The van der Waals surface area contributed by atoms with E-state index in [2.05, 4.69) is 21.2 Å². The summed E-state index contributed by atoms with van der Waals surface area (Å²) in [6.07, 6.45) is 2.26. The number of thiazole rings is 1. The van der Waals surface area contributed by atoms with Gasteiger partial charge in [0.1, 0.15) is 16.5 Å². The number of hydrogen-bond donors (Lipinski definition) is 1. The molecular weight excluding hydrogens is 310 g/mol. The van der Waals surface area contributed by atoms with Crippen LogP contribution in [0.2, 0.25) is 0 Å². The number of hydrogen-bond acceptors (Lipinski definition) is 6. The van der Waals surface area contributed by atoms with E-state index in [1.54, 1.807) is 23.6 Å². The Morgan fingerprint density at radius 2 is 2.09 bits per heavy atom. The predicted octanol–water partition coefficient (Wildman–Crippen LogP) is 3.69. The van der Waals surface area contributed by atoms with Crippen molar-refractivity contribution in [2.24, 2.45) is 0 Å². The van der Waals surface area contributed by atoms with E-state index in [1.165, 1.54) is 5.56 Å². The average Bonchev–Trinajstić information content (AvgIpc) is 3.10. The van der Waals surface area contributed by atoms with Crippen LogP contribution in [-0.2, 0) is 4.79 Å². The molecule has 114 valence electrons. The molecule has 0 saturated carbocycles. The van der Waals surface area contributed by atoms with E-state index < -0.39 is 0 Å². The van der Waals surface area contributed by atoms with Crippen LogP contribution in [0.25, 0.3) is 26.4 Å². The highest BCUT2D eigenvalue weighted by Gasteiger charge is 2.28. The summed E-state index contributed by atoms with van der Waals surface area (Å²) in [6.45, 7) is 2.04. The number of aromatic nitrogens is 3. The van der Waals surface area contributed by atoms with E-state index in [4.69, 9.17) is 0 Å². The van der Waals surface area contributed by atoms with Crippen LogP contribution in [0.15, 0.2) is 36.2 Å². The van der Waals surface area contributed by atoms with Crippen molar-refractivity contribution in [1.29, 1.82) is 0 Å². The zero-order chi connectivity index (χ0) is 16.0. The number of allylic oxidation sites excluding steroid dienone is 2. The lowest BCUT2D eigenvalue weighted by molar-refractivity contribution is -0.113. The molecule has 3 aromatic rings. The molecule has 4 rings (SSSR count). The highest BCUT2D eigenvalue weighted by molar-refractivity contribution is 7.21. The monoisotopic (exact) mass is 323 g/mol. The van der Waals surface area contributed by atoms with Crippen LogP contribution in [0.1, 0.15) is 24.1 Å². The van der Waals surface area contributed by atoms with Crippen molar-refractivity contribution < 1.29 is 9.90 Å². The summed E-state index contributed by atoms with van der Waals surface area (Å²) in [6, 6.07) is 7.88. The number of fused-ring (bicyclic) bond motifs is 1. The molecule has 1 aliphatic rings. The minimum absolute atomic E-state index is 0.0914. The smallest absolute Gasteiger partial charge is 0.168 e. The quantitative estimate of drug-likeness (QED) is 0.778. The maximum atomic E-state index is 12.1. The van der Waals surface area contributed by atoms with Crippen molar-refractivity contribution in [1.82, 2.24) is 15.2 Å². The number of carbonyl (C=O) groups excluding carboxylic acids is 1. The first-order valence-electron chi connectivity index (χ1n) is 7.28. The molecule has 2 aromatic heterocycles. The Kier molecular flexibility index (Phi) is 3.20. The summed E-state index contributed by atoms with van der Waals surface area (Å²) in [7, 11) is 0. The molecule has 0 fully saturated rings. The molecule has 5 nitrogen and oxygen atoms in total. The number of carbonyl (C=O) groups is 1. The molecule has 0 aliphatic heterocycles. The number of aliphatic hydroxyl groups excluding tert-OH is 1. The number of ketones is 1. The van der Waals surface area contributed by atoms with E-state index in [0.717, 1.165) is 20.8 Å². The molecule has 0 bridgehead atoms. The van der Waals surface area contributed by atoms with Gasteiger partial charge in [-0.05, 0) is 30.7 Å². The van der Waals surface area contributed by atoms with Crippen molar-refractivity contribution in [3.05, 3.63) is 47.5 Å². The summed E-state index contributed by atoms with van der Waals surface area (Å²) in [5, 5.41) is 18.8. The first-order valence-corrected chi connectivity index (χ1v) is 8.10. The minimum Gasteiger partial charge on any atom is -0.511 e. The molecular formula is C17H13N3O2S. The summed E-state index contributed by atoms with van der Waals surface area (Å²) in [4.78, 5) is 16.7. The Bertz CT molecular complexity index is 975. The highest BCUT2D eigenvalue weighted by Crippen LogP contribution is 2.37. The van der Waals surface area contributed by atoms with Crippen LogP contribution in [0.5, 0.6) is 0 Å². The molecule has 1 aromatic carbocycles. The molecule has 0 spiro atoms. The lowest BCUT2D eigenvalue weighted by Gasteiger charge is -2.05. The lowest BCUT2D eigenvalue weighted by Crippen LogP contribution is -2.02. The third-order valence-corrected chi connectivity index (χ3v) is 4.94. The van der Waals surface area contributed by atoms with Crippen molar-refractivity contribution in [2.75, 3.05) is 0 Å². The number of benzene rings is 1. The van der Waals surface area contributed by atoms with E-state index >= 15 is 0 Å². The molecule has 0 atom stereocenters. The van der Waals surface area contributed by atoms with Gasteiger partial charge in [0.15, 0.2) is 5.78 Å². The number of nitrogens with zero attached hydrogens (tertiary/aromatic N) is 3. The molecule has 1 N–H and O–H groups in total. The van der Waals surface area contributed by atoms with Gasteiger partial charge in [0.2, 0.25) is 0 Å². The SMILES string of the molecule is Cc1ccc2nc(-c3ccnnc3C3=C(O)CCC3=O)sc2c1. The first-order chi connectivity index (χ1) is 11.1. The Morgan fingerprint density at radius 3 is 2.87 bits per heavy atom. The van der Waals surface area contributed by atoms with Crippen LogP contribution in [-0.4, -0.2) is 26.1 Å². The number of aliphatic hydroxyl groups is 1. The van der Waals surface area contributed by atoms with E-state index in [9.17, 15) is 9.90 Å². The van der Waals surface area contributed by atoms with Crippen molar-refractivity contribution >= 4 is 32.9 Å². The fourth-order valence-electron chi connectivity index (χ4n) is 2.75. The lowest BCUT2D eigenvalue weighted by atomic mass is 10.1. The third kappa shape index (κ3) is 2.31. The second kappa shape index (κ2) is 5.24. The van der Waals surface area contributed by atoms with Gasteiger partial charge < -0.3 is 5.11 Å². The molecule has 0 saturated heterocycles. The van der Waals surface area contributed by atoms with Gasteiger partial charge in [-0.25, -0.2) is 4.98 Å². The Hall–Kier alpha value is -2.60. The number of rotatable bonds is 2. The second-order valence-corrected chi connectivity index (χ2v) is 6.56. The average molecular weight is 323 g/mol. The predicted molar refractivity (Wildman–Crippen MR) is 89.2 cm³/mol. The van der Waals surface area contributed by atoms with Crippen LogP contribution in [0.4, 0.5) is 0 Å². The fraction of sp³-hybridized carbons (Fsp3) is 0.176. The summed E-state index contributed by atoms with van der Waals surface area (Å²) >= 11 is 1.55. The van der Waals surface area contributed by atoms with Gasteiger partial charge >= 0.3 is 0 Å². The van der Waals surface area contributed by atoms with Crippen molar-refractivity contribution in [2.45, 2.75) is 19.8 Å². The van der Waals surface area contributed by atoms with Gasteiger partial charge in [-0.1, -0.05) is 6.07 Å². The van der Waals surface area contributed by atoms with Gasteiger partial charge in [-0.2, -0.15) is 5.10 Å². The molecule has 0 amide bonds. The third-order valence-electron chi connectivity index (χ3n) is 3.89. The Morgan fingerprint density at radius 1 is 1.22 bits per heavy atom. The van der Waals surface area contributed by atoms with Gasteiger partial charge in [0.25, 0.3) is 0 Å². The molecule has 0 unspecified atom stereocenters. The van der Waals surface area contributed by atoms with Gasteiger partial charge in [0, 0.05) is 18.4 Å². The van der Waals surface area contributed by atoms with Crippen LogP contribution in [0, 0.1) is 6.92 Å². The second-order valence-electron chi connectivity index (χ2n) is 5.53. The van der Waals surface area contributed by atoms with Crippen molar-refractivity contribution in [3.63, 3.8) is 0 Å². The molecule has 6 heteroatoms. The van der Waals surface area contributed by atoms with E-state index in [-0.39, 0.29) is 17.1 Å². The van der Waals surface area contributed by atoms with Crippen LogP contribution in [0.3, 0.4) is 0 Å². The summed E-state index contributed by atoms with van der Waals surface area (Å²) in [5.74, 6) is -0.00471. The zero-order valence-corrected chi connectivity index (χ0v) is 13.2.